The molecule has 1 N–H and O–H groups in total. The molecule has 1 atom stereocenters. The van der Waals surface area contributed by atoms with Gasteiger partial charge in [0, 0.05) is 24.3 Å². The summed E-state index contributed by atoms with van der Waals surface area (Å²) in [6.07, 6.45) is 1.01. The first-order valence-electron chi connectivity index (χ1n) is 6.68. The van der Waals surface area contributed by atoms with E-state index in [1.807, 2.05) is 0 Å². The van der Waals surface area contributed by atoms with Gasteiger partial charge < -0.3 is 10.0 Å². The van der Waals surface area contributed by atoms with E-state index in [1.165, 1.54) is 22.7 Å². The van der Waals surface area contributed by atoms with Crippen LogP contribution in [-0.4, -0.2) is 60.0 Å². The highest BCUT2D eigenvalue weighted by atomic mass is 32.2. The molecule has 22 heavy (non-hydrogen) atoms. The molecule has 1 heterocycles. The van der Waals surface area contributed by atoms with Gasteiger partial charge in [-0.05, 0) is 11.6 Å². The largest absolute Gasteiger partial charge is 0.478 e. The zero-order valence-electron chi connectivity index (χ0n) is 12.1. The zero-order valence-corrected chi connectivity index (χ0v) is 13.7. The van der Waals surface area contributed by atoms with Gasteiger partial charge in [0.2, 0.25) is 5.91 Å². The maximum atomic E-state index is 12.5. The zero-order chi connectivity index (χ0) is 16.3. The van der Waals surface area contributed by atoms with Crippen LogP contribution >= 0.6 is 11.8 Å². The molecule has 0 spiro atoms. The third-order valence-corrected chi connectivity index (χ3v) is 6.13. The van der Waals surface area contributed by atoms with Crippen molar-refractivity contribution < 1.29 is 23.1 Å². The molecular weight excluding hydrogens is 326 g/mol. The molecule has 0 aliphatic carbocycles. The van der Waals surface area contributed by atoms with Crippen molar-refractivity contribution in [3.05, 3.63) is 35.4 Å². The highest BCUT2D eigenvalue weighted by Crippen LogP contribution is 2.22. The first kappa shape index (κ1) is 16.8. The quantitative estimate of drug-likeness (QED) is 0.872. The van der Waals surface area contributed by atoms with Crippen molar-refractivity contribution in [2.75, 3.05) is 24.3 Å². The number of carbonyl (C=O) groups is 2. The number of rotatable bonds is 4. The molecule has 1 aliphatic rings. The number of benzene rings is 1. The highest BCUT2D eigenvalue weighted by molar-refractivity contribution is 8.00. The van der Waals surface area contributed by atoms with Gasteiger partial charge in [-0.1, -0.05) is 18.2 Å². The Morgan fingerprint density at radius 1 is 1.36 bits per heavy atom. The van der Waals surface area contributed by atoms with Crippen molar-refractivity contribution in [1.82, 2.24) is 4.90 Å². The molecule has 1 amide bonds. The van der Waals surface area contributed by atoms with Crippen LogP contribution in [0.15, 0.2) is 24.3 Å². The number of amides is 1. The van der Waals surface area contributed by atoms with Gasteiger partial charge in [0.1, 0.15) is 5.37 Å². The fraction of sp³-hybridized carbons (Fsp3) is 0.429. The minimum atomic E-state index is -3.37. The second-order valence-corrected chi connectivity index (χ2v) is 8.44. The average molecular weight is 343 g/mol. The van der Waals surface area contributed by atoms with E-state index in [0.29, 0.717) is 23.6 Å². The normalized spacial score (nSPS) is 19.0. The van der Waals surface area contributed by atoms with Gasteiger partial charge >= 0.3 is 5.97 Å². The van der Waals surface area contributed by atoms with Gasteiger partial charge in [-0.15, -0.1) is 0 Å². The molecule has 120 valence electrons. The minimum absolute atomic E-state index is 0.0677. The van der Waals surface area contributed by atoms with Gasteiger partial charge in [-0.3, -0.25) is 4.79 Å². The summed E-state index contributed by atoms with van der Waals surface area (Å²) >= 11 is 1.50. The third-order valence-electron chi connectivity index (χ3n) is 3.49. The summed E-state index contributed by atoms with van der Waals surface area (Å²) in [5.74, 6) is -0.426. The molecule has 1 unspecified atom stereocenters. The highest BCUT2D eigenvalue weighted by Gasteiger charge is 2.34. The molecule has 1 fully saturated rings. The number of aromatic carboxylic acids is 1. The summed E-state index contributed by atoms with van der Waals surface area (Å²) in [7, 11) is -3.37. The summed E-state index contributed by atoms with van der Waals surface area (Å²) in [6.45, 7) is 0.358. The molecule has 2 rings (SSSR count). The number of hydrogen-bond acceptors (Lipinski definition) is 5. The third kappa shape index (κ3) is 3.80. The van der Waals surface area contributed by atoms with Crippen molar-refractivity contribution in [3.8, 4) is 0 Å². The molecule has 0 radical (unpaired) electrons. The summed E-state index contributed by atoms with van der Waals surface area (Å²) < 4.78 is 23.7. The van der Waals surface area contributed by atoms with Crippen LogP contribution in [-0.2, 0) is 21.1 Å². The number of nitrogens with zero attached hydrogens (tertiary/aromatic N) is 1. The van der Waals surface area contributed by atoms with Crippen LogP contribution in [0.25, 0.3) is 0 Å². The van der Waals surface area contributed by atoms with Crippen molar-refractivity contribution in [2.45, 2.75) is 11.8 Å². The van der Waals surface area contributed by atoms with Gasteiger partial charge in [0.05, 0.1) is 12.0 Å². The van der Waals surface area contributed by atoms with Crippen molar-refractivity contribution in [1.29, 1.82) is 0 Å². The van der Waals surface area contributed by atoms with Crippen LogP contribution < -0.4 is 0 Å². The predicted molar refractivity (Wildman–Crippen MR) is 84.8 cm³/mol. The van der Waals surface area contributed by atoms with Crippen LogP contribution in [0.1, 0.15) is 15.9 Å². The molecule has 0 bridgehead atoms. The Hall–Kier alpha value is -1.54. The van der Waals surface area contributed by atoms with E-state index in [-0.39, 0.29) is 17.9 Å². The lowest BCUT2D eigenvalue weighted by atomic mass is 10.0. The van der Waals surface area contributed by atoms with E-state index in [2.05, 4.69) is 0 Å². The fourth-order valence-electron chi connectivity index (χ4n) is 2.37. The van der Waals surface area contributed by atoms with Crippen LogP contribution in [0.2, 0.25) is 0 Å². The van der Waals surface area contributed by atoms with Crippen LogP contribution in [0.4, 0.5) is 0 Å². The molecule has 1 aromatic rings. The Kier molecular flexibility index (Phi) is 5.12. The number of sulfone groups is 1. The summed E-state index contributed by atoms with van der Waals surface area (Å²) in [5, 5.41) is 8.31. The average Bonchev–Trinajstić information content (AvgIpc) is 2.46. The van der Waals surface area contributed by atoms with Crippen molar-refractivity contribution in [3.63, 3.8) is 0 Å². The van der Waals surface area contributed by atoms with Gasteiger partial charge in [-0.2, -0.15) is 11.8 Å². The molecule has 1 aromatic carbocycles. The van der Waals surface area contributed by atoms with E-state index < -0.39 is 21.2 Å². The molecule has 1 saturated heterocycles. The van der Waals surface area contributed by atoms with Crippen LogP contribution in [0, 0.1) is 0 Å². The fourth-order valence-corrected chi connectivity index (χ4v) is 5.21. The second kappa shape index (κ2) is 6.70. The number of carboxylic acids is 1. The first-order chi connectivity index (χ1) is 10.3. The molecular formula is C14H17NO5S2. The van der Waals surface area contributed by atoms with Gasteiger partial charge in [0.15, 0.2) is 9.84 Å². The molecule has 0 saturated carbocycles. The Balaban J connectivity index is 2.23. The van der Waals surface area contributed by atoms with E-state index >= 15 is 0 Å². The van der Waals surface area contributed by atoms with Crippen molar-refractivity contribution in [2.24, 2.45) is 0 Å². The number of thioether (sulfide) groups is 1. The molecule has 0 aromatic heterocycles. The second-order valence-electron chi connectivity index (χ2n) is 5.09. The molecule has 1 aliphatic heterocycles. The lowest BCUT2D eigenvalue weighted by Gasteiger charge is -2.34. The topological polar surface area (TPSA) is 91.8 Å². The Morgan fingerprint density at radius 3 is 2.68 bits per heavy atom. The Labute approximate surface area is 133 Å². The lowest BCUT2D eigenvalue weighted by molar-refractivity contribution is -0.130. The summed E-state index contributed by atoms with van der Waals surface area (Å²) in [5.41, 5.74) is 0.462. The number of carbonyl (C=O) groups excluding carboxylic acids is 1. The first-order valence-corrected chi connectivity index (χ1v) is 9.79. The summed E-state index contributed by atoms with van der Waals surface area (Å²) in [6, 6.07) is 6.27. The van der Waals surface area contributed by atoms with Gasteiger partial charge in [0.25, 0.3) is 0 Å². The van der Waals surface area contributed by atoms with Crippen molar-refractivity contribution >= 4 is 33.5 Å². The molecule has 8 heteroatoms. The Morgan fingerprint density at radius 2 is 2.05 bits per heavy atom. The standard InChI is InChI=1S/C14H17NO5S2/c1-22(19,20)13-9-21-7-6-15(13)12(16)8-10-4-2-3-5-11(10)14(17)18/h2-5,13H,6-9H2,1H3,(H,17,18). The molecule has 6 nitrogen and oxygen atoms in total. The smallest absolute Gasteiger partial charge is 0.335 e. The monoisotopic (exact) mass is 343 g/mol. The lowest BCUT2D eigenvalue weighted by Crippen LogP contribution is -2.50. The van der Waals surface area contributed by atoms with E-state index in [4.69, 9.17) is 5.11 Å². The van der Waals surface area contributed by atoms with E-state index in [9.17, 15) is 18.0 Å². The number of carboxylic acid groups (broad SMARTS) is 1. The summed E-state index contributed by atoms with van der Waals surface area (Å²) in [4.78, 5) is 25.0. The number of hydrogen-bond donors (Lipinski definition) is 1. The maximum Gasteiger partial charge on any atom is 0.335 e. The Bertz CT molecular complexity index is 686. The van der Waals surface area contributed by atoms with E-state index in [0.717, 1.165) is 6.26 Å². The maximum absolute atomic E-state index is 12.5. The van der Waals surface area contributed by atoms with E-state index in [1.54, 1.807) is 18.2 Å². The minimum Gasteiger partial charge on any atom is -0.478 e. The van der Waals surface area contributed by atoms with Crippen LogP contribution in [0.5, 0.6) is 0 Å². The SMILES string of the molecule is CS(=O)(=O)C1CSCCN1C(=O)Cc1ccccc1C(=O)O. The van der Waals surface area contributed by atoms with Gasteiger partial charge in [-0.25, -0.2) is 13.2 Å². The van der Waals surface area contributed by atoms with Crippen LogP contribution in [0.3, 0.4) is 0 Å². The predicted octanol–water partition coefficient (Wildman–Crippen LogP) is 0.873.